The predicted octanol–water partition coefficient (Wildman–Crippen LogP) is 3.66. The molecule has 31 heavy (non-hydrogen) atoms. The molecular formula is C21H18N6O3S. The molecule has 1 N–H and O–H groups in total. The van der Waals surface area contributed by atoms with Crippen LogP contribution >= 0.6 is 11.3 Å². The van der Waals surface area contributed by atoms with Crippen molar-refractivity contribution >= 4 is 22.9 Å². The van der Waals surface area contributed by atoms with Gasteiger partial charge in [-0.15, -0.1) is 11.3 Å². The fraction of sp³-hybridized carbons (Fsp3) is 0.143. The number of carbonyl (C=O) groups is 1. The highest BCUT2D eigenvalue weighted by Gasteiger charge is 2.11. The first kappa shape index (κ1) is 20.4. The van der Waals surface area contributed by atoms with Crippen molar-refractivity contribution in [1.29, 1.82) is 0 Å². The fourth-order valence-electron chi connectivity index (χ4n) is 2.93. The highest BCUT2D eigenvalue weighted by atomic mass is 32.1. The Morgan fingerprint density at radius 2 is 1.90 bits per heavy atom. The van der Waals surface area contributed by atoms with Crippen molar-refractivity contribution in [3.63, 3.8) is 0 Å². The lowest BCUT2D eigenvalue weighted by Gasteiger charge is -2.03. The molecule has 3 heterocycles. The number of aryl methyl sites for hydroxylation is 1. The minimum absolute atomic E-state index is 0.00185. The van der Waals surface area contributed by atoms with Crippen LogP contribution in [-0.2, 0) is 6.42 Å². The number of carbonyl (C=O) groups excluding carboxylic acids is 1. The number of nitro groups is 1. The van der Waals surface area contributed by atoms with Gasteiger partial charge in [0.1, 0.15) is 0 Å². The summed E-state index contributed by atoms with van der Waals surface area (Å²) in [5.74, 6) is -0.266. The maximum atomic E-state index is 12.3. The van der Waals surface area contributed by atoms with Gasteiger partial charge in [0, 0.05) is 54.6 Å². The average molecular weight is 434 g/mol. The van der Waals surface area contributed by atoms with Crippen LogP contribution in [0.15, 0.2) is 66.4 Å². The van der Waals surface area contributed by atoms with Gasteiger partial charge in [-0.05, 0) is 36.8 Å². The highest BCUT2D eigenvalue weighted by molar-refractivity contribution is 7.09. The Balaban J connectivity index is 1.27. The van der Waals surface area contributed by atoms with E-state index in [1.54, 1.807) is 48.1 Å². The molecule has 156 valence electrons. The van der Waals surface area contributed by atoms with E-state index in [0.717, 1.165) is 29.1 Å². The SMILES string of the molecule is O=C(NCCCc1nc(-c2ccncc2)cs1)c1ccn(-c2ccc([N+](=O)[O-])cc2)n1. The quantitative estimate of drug-likeness (QED) is 0.257. The number of nitrogens with zero attached hydrogens (tertiary/aromatic N) is 5. The van der Waals surface area contributed by atoms with E-state index in [1.165, 1.54) is 16.8 Å². The lowest BCUT2D eigenvalue weighted by atomic mass is 10.2. The lowest BCUT2D eigenvalue weighted by molar-refractivity contribution is -0.384. The minimum atomic E-state index is -0.461. The van der Waals surface area contributed by atoms with E-state index in [0.29, 0.717) is 12.2 Å². The molecule has 0 atom stereocenters. The number of rotatable bonds is 8. The molecule has 4 rings (SSSR count). The first-order valence-corrected chi connectivity index (χ1v) is 10.4. The molecule has 4 aromatic rings. The number of hydrogen-bond acceptors (Lipinski definition) is 7. The third kappa shape index (κ3) is 4.98. The van der Waals surface area contributed by atoms with Crippen LogP contribution in [0.3, 0.4) is 0 Å². The molecule has 0 bridgehead atoms. The van der Waals surface area contributed by atoms with Crippen LogP contribution in [0.5, 0.6) is 0 Å². The van der Waals surface area contributed by atoms with Crippen LogP contribution < -0.4 is 5.32 Å². The zero-order valence-electron chi connectivity index (χ0n) is 16.3. The van der Waals surface area contributed by atoms with Crippen LogP contribution in [-0.4, -0.2) is 37.1 Å². The van der Waals surface area contributed by atoms with Crippen molar-refractivity contribution < 1.29 is 9.72 Å². The number of aromatic nitrogens is 4. The summed E-state index contributed by atoms with van der Waals surface area (Å²) in [5, 5.41) is 20.9. The summed E-state index contributed by atoms with van der Waals surface area (Å²) < 4.78 is 1.51. The Hall–Kier alpha value is -3.92. The van der Waals surface area contributed by atoms with Gasteiger partial charge in [-0.3, -0.25) is 19.9 Å². The summed E-state index contributed by atoms with van der Waals surface area (Å²) in [6.07, 6.45) is 6.66. The van der Waals surface area contributed by atoms with E-state index in [2.05, 4.69) is 20.4 Å². The van der Waals surface area contributed by atoms with Gasteiger partial charge in [-0.2, -0.15) is 5.10 Å². The van der Waals surface area contributed by atoms with Crippen LogP contribution in [0.2, 0.25) is 0 Å². The Morgan fingerprint density at radius 1 is 1.13 bits per heavy atom. The van der Waals surface area contributed by atoms with Crippen LogP contribution in [0.25, 0.3) is 16.9 Å². The minimum Gasteiger partial charge on any atom is -0.351 e. The first-order chi connectivity index (χ1) is 15.1. The van der Waals surface area contributed by atoms with E-state index in [1.807, 2.05) is 17.5 Å². The standard InChI is InChI=1S/C21H18N6O3S/c28-21(18-9-13-26(25-18)16-3-5-17(6-4-16)27(29)30)23-10-1-2-20-24-19(14-31-20)15-7-11-22-12-8-15/h3-9,11-14H,1-2,10H2,(H,23,28). The molecule has 0 radical (unpaired) electrons. The molecule has 0 aliphatic rings. The molecule has 10 heteroatoms. The monoisotopic (exact) mass is 434 g/mol. The molecule has 0 saturated heterocycles. The molecule has 1 aromatic carbocycles. The maximum Gasteiger partial charge on any atom is 0.271 e. The van der Waals surface area contributed by atoms with E-state index >= 15 is 0 Å². The van der Waals surface area contributed by atoms with Crippen molar-refractivity contribution in [3.05, 3.63) is 87.3 Å². The molecule has 0 spiro atoms. The number of amides is 1. The first-order valence-electron chi connectivity index (χ1n) is 9.53. The van der Waals surface area contributed by atoms with E-state index < -0.39 is 4.92 Å². The molecule has 0 saturated carbocycles. The second-order valence-corrected chi connectivity index (χ2v) is 7.58. The van der Waals surface area contributed by atoms with Crippen molar-refractivity contribution in [2.24, 2.45) is 0 Å². The Labute approximate surface area is 181 Å². The Kier molecular flexibility index (Phi) is 6.08. The third-order valence-corrected chi connectivity index (χ3v) is 5.44. The van der Waals surface area contributed by atoms with Gasteiger partial charge in [0.15, 0.2) is 5.69 Å². The molecule has 9 nitrogen and oxygen atoms in total. The van der Waals surface area contributed by atoms with Gasteiger partial charge in [0.2, 0.25) is 0 Å². The summed E-state index contributed by atoms with van der Waals surface area (Å²) >= 11 is 1.60. The topological polar surface area (TPSA) is 116 Å². The third-order valence-electron chi connectivity index (χ3n) is 4.53. The van der Waals surface area contributed by atoms with Crippen molar-refractivity contribution in [2.75, 3.05) is 6.54 Å². The van der Waals surface area contributed by atoms with Gasteiger partial charge in [0.25, 0.3) is 11.6 Å². The molecule has 0 aliphatic heterocycles. The molecule has 0 unspecified atom stereocenters. The number of hydrogen-bond donors (Lipinski definition) is 1. The van der Waals surface area contributed by atoms with Gasteiger partial charge in [-0.1, -0.05) is 0 Å². The maximum absolute atomic E-state index is 12.3. The molecule has 0 fully saturated rings. The summed E-state index contributed by atoms with van der Waals surface area (Å²) in [4.78, 5) is 31.3. The second kappa shape index (κ2) is 9.26. The summed E-state index contributed by atoms with van der Waals surface area (Å²) in [7, 11) is 0. The zero-order valence-corrected chi connectivity index (χ0v) is 17.2. The molecule has 0 aliphatic carbocycles. The largest absolute Gasteiger partial charge is 0.351 e. The van der Waals surface area contributed by atoms with Gasteiger partial charge < -0.3 is 5.32 Å². The number of thiazole rings is 1. The van der Waals surface area contributed by atoms with E-state index in [9.17, 15) is 14.9 Å². The van der Waals surface area contributed by atoms with Crippen molar-refractivity contribution in [2.45, 2.75) is 12.8 Å². The van der Waals surface area contributed by atoms with Gasteiger partial charge >= 0.3 is 0 Å². The number of benzene rings is 1. The van der Waals surface area contributed by atoms with Gasteiger partial charge in [0.05, 0.1) is 21.3 Å². The van der Waals surface area contributed by atoms with Gasteiger partial charge in [-0.25, -0.2) is 9.67 Å². The predicted molar refractivity (Wildman–Crippen MR) is 116 cm³/mol. The van der Waals surface area contributed by atoms with Crippen LogP contribution in [0.1, 0.15) is 21.9 Å². The molecule has 1 amide bonds. The van der Waals surface area contributed by atoms with Crippen LogP contribution in [0.4, 0.5) is 5.69 Å². The molecular weight excluding hydrogens is 416 g/mol. The number of nitro benzene ring substituents is 1. The number of non-ortho nitro benzene ring substituents is 1. The Morgan fingerprint density at radius 3 is 2.65 bits per heavy atom. The van der Waals surface area contributed by atoms with Crippen molar-refractivity contribution in [3.8, 4) is 16.9 Å². The van der Waals surface area contributed by atoms with E-state index in [4.69, 9.17) is 0 Å². The highest BCUT2D eigenvalue weighted by Crippen LogP contribution is 2.21. The van der Waals surface area contributed by atoms with Crippen LogP contribution in [0, 0.1) is 10.1 Å². The summed E-state index contributed by atoms with van der Waals surface area (Å²) in [6, 6.07) is 11.4. The Bertz CT molecular complexity index is 1190. The zero-order chi connectivity index (χ0) is 21.6. The number of pyridine rings is 1. The fourth-order valence-corrected chi connectivity index (χ4v) is 3.78. The van der Waals surface area contributed by atoms with E-state index in [-0.39, 0.29) is 17.3 Å². The number of nitrogens with one attached hydrogen (secondary N) is 1. The smallest absolute Gasteiger partial charge is 0.271 e. The molecule has 3 aromatic heterocycles. The summed E-state index contributed by atoms with van der Waals surface area (Å²) in [6.45, 7) is 0.507. The average Bonchev–Trinajstić information content (AvgIpc) is 3.47. The summed E-state index contributed by atoms with van der Waals surface area (Å²) in [5.41, 5.74) is 2.89. The second-order valence-electron chi connectivity index (χ2n) is 6.64. The lowest BCUT2D eigenvalue weighted by Crippen LogP contribution is -2.25. The normalized spacial score (nSPS) is 10.7. The van der Waals surface area contributed by atoms with Crippen molar-refractivity contribution in [1.82, 2.24) is 25.1 Å².